The predicted octanol–water partition coefficient (Wildman–Crippen LogP) is 6.13. The molecule has 20 nitrogen and oxygen atoms in total. The first-order valence-electron chi connectivity index (χ1n) is 19.9. The number of esters is 1. The average Bonchev–Trinajstić information content (AvgIpc) is 4.13. The first-order chi connectivity index (χ1) is 31.3. The number of aliphatic hydroxyl groups excluding tert-OH is 1. The fraction of sp³-hybridized carbons (Fsp3) is 0.227. The summed E-state index contributed by atoms with van der Waals surface area (Å²) in [5.41, 5.74) is 8.48. The third-order valence-corrected chi connectivity index (χ3v) is 9.89. The number of ether oxygens (including phenoxy) is 1. The zero-order valence-corrected chi connectivity index (χ0v) is 36.6. The molecule has 0 fully saturated rings. The zero-order valence-electron chi connectivity index (χ0n) is 36.6. The van der Waals surface area contributed by atoms with Crippen molar-refractivity contribution < 1.29 is 46.6 Å². The summed E-state index contributed by atoms with van der Waals surface area (Å²) in [4.78, 5) is 66.0. The first-order valence-corrected chi connectivity index (χ1v) is 19.9. The number of carbonyl (C=O) groups is 4. The van der Waals surface area contributed by atoms with Crippen LogP contribution in [0.2, 0.25) is 0 Å². The molecule has 0 bridgehead atoms. The Morgan fingerprint density at radius 1 is 0.682 bits per heavy atom. The van der Waals surface area contributed by atoms with E-state index in [-0.39, 0.29) is 41.0 Å². The molecule has 2 unspecified atom stereocenters. The van der Waals surface area contributed by atoms with E-state index in [2.05, 4.69) is 40.8 Å². The highest BCUT2D eigenvalue weighted by molar-refractivity contribution is 6.07. The van der Waals surface area contributed by atoms with Crippen molar-refractivity contribution >= 4 is 45.5 Å². The van der Waals surface area contributed by atoms with E-state index < -0.39 is 35.8 Å². The Morgan fingerprint density at radius 3 is 1.44 bits per heavy atom. The number of aromatic nitrogens is 8. The van der Waals surface area contributed by atoms with Crippen molar-refractivity contribution in [2.24, 2.45) is 5.73 Å². The number of hydrogen-bond acceptors (Lipinski definition) is 15. The molecular formula is C44H46F2N12O8. The van der Waals surface area contributed by atoms with Gasteiger partial charge in [-0.1, -0.05) is 13.8 Å². The van der Waals surface area contributed by atoms with E-state index in [9.17, 15) is 28.0 Å². The number of primary amides is 1. The molecule has 8 aromatic rings. The summed E-state index contributed by atoms with van der Waals surface area (Å²) < 4.78 is 45.5. The van der Waals surface area contributed by atoms with Gasteiger partial charge >= 0.3 is 5.97 Å². The molecule has 0 aliphatic carbocycles. The summed E-state index contributed by atoms with van der Waals surface area (Å²) in [6.45, 7) is 6.89. The van der Waals surface area contributed by atoms with Crippen LogP contribution in [0, 0.1) is 25.5 Å². The largest absolute Gasteiger partial charge is 0.464 e. The Bertz CT molecular complexity index is 2980. The molecule has 22 heteroatoms. The number of amides is 3. The van der Waals surface area contributed by atoms with E-state index in [0.717, 1.165) is 7.11 Å². The van der Waals surface area contributed by atoms with Crippen LogP contribution in [-0.4, -0.2) is 82.5 Å². The summed E-state index contributed by atoms with van der Waals surface area (Å²) in [5, 5.41) is 22.5. The third kappa shape index (κ3) is 10.2. The van der Waals surface area contributed by atoms with Gasteiger partial charge < -0.3 is 41.2 Å². The maximum atomic E-state index is 13.3. The standard InChI is InChI=1S/C22H20FN5O4.C21H19FN6O3.CH4O.H3N/c1-4-17(21-27-19(12(2)32-21)22(30)31-3)26-20(29)16-9-24-11-18-15(16)10-25-28(18)14-7-5-13(23)6-8-14;1-3-16(21-27-18(19(23)29)11(2)31-21)26-20(30)15-8-24-10-17-14(15)9-25-28(17)13-6-4-12(22)5-7-13;1-2;/h5-11,17H,4H2,1-3H3,(H,26,29);4-10,16H,3H2,1-2H3,(H2,23,29)(H,26,30);2H,1H3;1H3. The number of nitrogens with zero attached hydrogens (tertiary/aromatic N) is 8. The molecule has 66 heavy (non-hydrogen) atoms. The quantitative estimate of drug-likeness (QED) is 0.0862. The van der Waals surface area contributed by atoms with Crippen LogP contribution in [0.5, 0.6) is 0 Å². The molecule has 0 saturated carbocycles. The van der Waals surface area contributed by atoms with Crippen molar-refractivity contribution in [2.75, 3.05) is 14.2 Å². The Balaban J connectivity index is 0.000000235. The lowest BCUT2D eigenvalue weighted by molar-refractivity contribution is 0.0592. The summed E-state index contributed by atoms with van der Waals surface area (Å²) in [6.07, 6.45) is 10.1. The highest BCUT2D eigenvalue weighted by atomic mass is 19.1. The number of pyridine rings is 2. The molecule has 2 atom stereocenters. The lowest BCUT2D eigenvalue weighted by atomic mass is 10.1. The van der Waals surface area contributed by atoms with Gasteiger partial charge in [0.05, 0.1) is 65.4 Å². The molecule has 8 rings (SSSR count). The van der Waals surface area contributed by atoms with Crippen LogP contribution in [0.3, 0.4) is 0 Å². The monoisotopic (exact) mass is 908 g/mol. The van der Waals surface area contributed by atoms with E-state index >= 15 is 0 Å². The lowest BCUT2D eigenvalue weighted by Crippen LogP contribution is -2.28. The number of fused-ring (bicyclic) bond motifs is 2. The second kappa shape index (κ2) is 21.4. The highest BCUT2D eigenvalue weighted by Gasteiger charge is 2.27. The normalized spacial score (nSPS) is 11.6. The summed E-state index contributed by atoms with van der Waals surface area (Å²) in [7, 11) is 2.26. The van der Waals surface area contributed by atoms with Crippen LogP contribution >= 0.6 is 0 Å². The second-order valence-corrected chi connectivity index (χ2v) is 13.9. The average molecular weight is 909 g/mol. The third-order valence-electron chi connectivity index (χ3n) is 9.89. The van der Waals surface area contributed by atoms with E-state index in [1.54, 1.807) is 72.3 Å². The van der Waals surface area contributed by atoms with Gasteiger partial charge in [-0.3, -0.25) is 24.4 Å². The van der Waals surface area contributed by atoms with E-state index in [1.807, 2.05) is 13.8 Å². The smallest absolute Gasteiger partial charge is 0.360 e. The second-order valence-electron chi connectivity index (χ2n) is 13.9. The topological polar surface area (TPSA) is 296 Å². The minimum atomic E-state index is -0.698. The van der Waals surface area contributed by atoms with Gasteiger partial charge in [0.15, 0.2) is 11.4 Å². The van der Waals surface area contributed by atoms with Gasteiger partial charge in [-0.25, -0.2) is 32.9 Å². The van der Waals surface area contributed by atoms with Gasteiger partial charge in [0, 0.05) is 30.3 Å². The molecule has 0 radical (unpaired) electrons. The first kappa shape index (κ1) is 48.8. The molecular weight excluding hydrogens is 863 g/mol. The molecule has 0 aliphatic rings. The number of methoxy groups -OCH3 is 1. The van der Waals surface area contributed by atoms with E-state index in [0.29, 0.717) is 68.7 Å². The van der Waals surface area contributed by atoms with Gasteiger partial charge in [-0.05, 0) is 75.2 Å². The van der Waals surface area contributed by atoms with Crippen molar-refractivity contribution in [1.82, 2.24) is 56.3 Å². The van der Waals surface area contributed by atoms with Gasteiger partial charge in [-0.15, -0.1) is 0 Å². The number of nitrogens with two attached hydrogens (primary N) is 1. The number of rotatable bonds is 12. The van der Waals surface area contributed by atoms with E-state index in [4.69, 9.17) is 24.4 Å². The van der Waals surface area contributed by atoms with Gasteiger partial charge in [-0.2, -0.15) is 10.2 Å². The number of carbonyl (C=O) groups excluding carboxylic acids is 4. The van der Waals surface area contributed by atoms with Crippen LogP contribution in [-0.2, 0) is 4.74 Å². The van der Waals surface area contributed by atoms with Crippen LogP contribution in [0.4, 0.5) is 8.78 Å². The molecule has 0 spiro atoms. The SMILES string of the molecule is CCC(NC(=O)c1cncc2c1cnn2-c1ccc(F)cc1)c1nc(C(=O)OC)c(C)o1.CCC(NC(=O)c1cncc2c1cnn2-c1ccc(F)cc1)c1nc(C(N)=O)c(C)o1.CO.N. The van der Waals surface area contributed by atoms with Crippen molar-refractivity contribution in [3.05, 3.63) is 143 Å². The van der Waals surface area contributed by atoms with Crippen molar-refractivity contribution in [2.45, 2.75) is 52.6 Å². The van der Waals surface area contributed by atoms with Gasteiger partial charge in [0.1, 0.15) is 35.2 Å². The zero-order chi connectivity index (χ0) is 46.9. The fourth-order valence-corrected chi connectivity index (χ4v) is 6.62. The molecule has 2 aromatic carbocycles. The number of halogens is 2. The number of hydrogen-bond donors (Lipinski definition) is 5. The van der Waals surface area contributed by atoms with Gasteiger partial charge in [0.2, 0.25) is 11.8 Å². The van der Waals surface area contributed by atoms with Crippen LogP contribution in [0.25, 0.3) is 33.2 Å². The Hall–Kier alpha value is -8.24. The molecule has 8 N–H and O–H groups in total. The molecule has 0 saturated heterocycles. The highest BCUT2D eigenvalue weighted by Crippen LogP contribution is 2.26. The predicted molar refractivity (Wildman–Crippen MR) is 234 cm³/mol. The molecule has 6 aromatic heterocycles. The molecule has 0 aliphatic heterocycles. The minimum absolute atomic E-state index is 0. The maximum Gasteiger partial charge on any atom is 0.360 e. The van der Waals surface area contributed by atoms with Crippen LogP contribution in [0.1, 0.15) is 104 Å². The summed E-state index contributed by atoms with van der Waals surface area (Å²) in [5.74, 6) is -1.81. The van der Waals surface area contributed by atoms with Gasteiger partial charge in [0.25, 0.3) is 17.7 Å². The van der Waals surface area contributed by atoms with Crippen molar-refractivity contribution in [1.29, 1.82) is 0 Å². The minimum Gasteiger partial charge on any atom is -0.464 e. The number of nitrogens with one attached hydrogen (secondary N) is 2. The number of oxazole rings is 2. The molecule has 344 valence electrons. The Morgan fingerprint density at radius 2 is 1.08 bits per heavy atom. The Kier molecular flexibility index (Phi) is 15.8. The van der Waals surface area contributed by atoms with Crippen LogP contribution in [0.15, 0.2) is 94.5 Å². The lowest BCUT2D eigenvalue weighted by Gasteiger charge is -2.14. The summed E-state index contributed by atoms with van der Waals surface area (Å²) >= 11 is 0. The number of benzene rings is 2. The molecule has 6 heterocycles. The number of aliphatic hydroxyl groups is 1. The van der Waals surface area contributed by atoms with Crippen molar-refractivity contribution in [3.8, 4) is 11.4 Å². The van der Waals surface area contributed by atoms with Crippen LogP contribution < -0.4 is 22.5 Å². The number of aryl methyl sites for hydroxylation is 2. The van der Waals surface area contributed by atoms with Crippen molar-refractivity contribution in [3.63, 3.8) is 0 Å². The van der Waals surface area contributed by atoms with E-state index in [1.165, 1.54) is 43.8 Å². The Labute approximate surface area is 374 Å². The fourth-order valence-electron chi connectivity index (χ4n) is 6.62. The molecule has 3 amide bonds. The summed E-state index contributed by atoms with van der Waals surface area (Å²) in [6, 6.07) is 10.5. The maximum absolute atomic E-state index is 13.3.